The lowest BCUT2D eigenvalue weighted by molar-refractivity contribution is 0.399. The molecule has 4 heteroatoms. The average Bonchev–Trinajstić information content (AvgIpc) is 2.24. The summed E-state index contributed by atoms with van der Waals surface area (Å²) in [6.07, 6.45) is 7.61. The topological polar surface area (TPSA) is 41.1 Å². The van der Waals surface area contributed by atoms with Crippen LogP contribution in [0.2, 0.25) is 0 Å². The van der Waals surface area contributed by atoms with Crippen molar-refractivity contribution in [2.45, 2.75) is 38.8 Å². The van der Waals surface area contributed by atoms with Gasteiger partial charge in [-0.1, -0.05) is 6.92 Å². The minimum absolute atomic E-state index is 0.670. The molecule has 1 saturated carbocycles. The molecule has 0 aliphatic heterocycles. The zero-order valence-corrected chi connectivity index (χ0v) is 10.1. The van der Waals surface area contributed by atoms with Gasteiger partial charge >= 0.3 is 0 Å². The van der Waals surface area contributed by atoms with Crippen molar-refractivity contribution in [2.24, 2.45) is 0 Å². The third kappa shape index (κ3) is 2.50. The molecule has 1 fully saturated rings. The molecule has 88 valence electrons. The lowest BCUT2D eigenvalue weighted by atomic mass is 9.92. The lowest BCUT2D eigenvalue weighted by Gasteiger charge is -2.35. The fourth-order valence-electron chi connectivity index (χ4n) is 1.86. The number of hydrogen-bond acceptors (Lipinski definition) is 4. The van der Waals surface area contributed by atoms with Gasteiger partial charge < -0.3 is 10.2 Å². The molecule has 0 bridgehead atoms. The Bertz CT molecular complexity index is 336. The minimum Gasteiger partial charge on any atom is -0.355 e. The number of anilines is 1. The summed E-state index contributed by atoms with van der Waals surface area (Å²) in [5, 5.41) is 3.27. The summed E-state index contributed by atoms with van der Waals surface area (Å²) in [4.78, 5) is 11.1. The molecule has 0 saturated heterocycles. The van der Waals surface area contributed by atoms with Gasteiger partial charge in [-0.3, -0.25) is 4.98 Å². The number of aromatic nitrogens is 2. The first-order valence-corrected chi connectivity index (χ1v) is 6.05. The van der Waals surface area contributed by atoms with Crippen LogP contribution in [0.1, 0.15) is 31.9 Å². The summed E-state index contributed by atoms with van der Waals surface area (Å²) in [6.45, 7) is 3.86. The van der Waals surface area contributed by atoms with Gasteiger partial charge in [-0.2, -0.15) is 0 Å². The Labute approximate surface area is 97.1 Å². The highest BCUT2D eigenvalue weighted by Gasteiger charge is 2.23. The third-order valence-corrected chi connectivity index (χ3v) is 3.21. The molecule has 1 heterocycles. The van der Waals surface area contributed by atoms with E-state index in [0.717, 1.165) is 24.6 Å². The highest BCUT2D eigenvalue weighted by molar-refractivity contribution is 5.37. The van der Waals surface area contributed by atoms with Gasteiger partial charge in [-0.15, -0.1) is 0 Å². The number of hydrogen-bond donors (Lipinski definition) is 1. The Morgan fingerprint density at radius 3 is 2.88 bits per heavy atom. The summed E-state index contributed by atoms with van der Waals surface area (Å²) >= 11 is 0. The van der Waals surface area contributed by atoms with E-state index in [2.05, 4.69) is 34.2 Å². The van der Waals surface area contributed by atoms with Crippen LogP contribution in [0, 0.1) is 0 Å². The van der Waals surface area contributed by atoms with E-state index in [-0.39, 0.29) is 0 Å². The second-order valence-electron chi connectivity index (χ2n) is 4.34. The van der Waals surface area contributed by atoms with Crippen molar-refractivity contribution in [3.63, 3.8) is 0 Å². The van der Waals surface area contributed by atoms with Gasteiger partial charge in [0, 0.05) is 25.8 Å². The molecule has 1 N–H and O–H groups in total. The molecule has 2 rings (SSSR count). The van der Waals surface area contributed by atoms with Crippen LogP contribution in [0.4, 0.5) is 5.82 Å². The number of rotatable bonds is 5. The van der Waals surface area contributed by atoms with Crippen LogP contribution in [0.5, 0.6) is 0 Å². The van der Waals surface area contributed by atoms with E-state index < -0.39 is 0 Å². The summed E-state index contributed by atoms with van der Waals surface area (Å²) in [7, 11) is 2.12. The molecule has 0 atom stereocenters. The van der Waals surface area contributed by atoms with Crippen molar-refractivity contribution in [3.05, 3.63) is 18.1 Å². The highest BCUT2D eigenvalue weighted by atomic mass is 15.2. The summed E-state index contributed by atoms with van der Waals surface area (Å²) < 4.78 is 0. The molecule has 1 aromatic rings. The molecule has 0 amide bonds. The second-order valence-corrected chi connectivity index (χ2v) is 4.34. The molecule has 0 spiro atoms. The van der Waals surface area contributed by atoms with E-state index in [1.54, 1.807) is 0 Å². The molecule has 4 nitrogen and oxygen atoms in total. The Morgan fingerprint density at radius 2 is 2.25 bits per heavy atom. The van der Waals surface area contributed by atoms with E-state index in [1.165, 1.54) is 19.3 Å². The van der Waals surface area contributed by atoms with Gasteiger partial charge in [-0.25, -0.2) is 4.98 Å². The maximum absolute atomic E-state index is 4.61. The fraction of sp³-hybridized carbons (Fsp3) is 0.667. The average molecular weight is 220 g/mol. The van der Waals surface area contributed by atoms with Crippen LogP contribution >= 0.6 is 0 Å². The Kier molecular flexibility index (Phi) is 3.72. The van der Waals surface area contributed by atoms with Gasteiger partial charge in [0.2, 0.25) is 0 Å². The van der Waals surface area contributed by atoms with Crippen LogP contribution < -0.4 is 10.2 Å². The molecule has 0 unspecified atom stereocenters. The van der Waals surface area contributed by atoms with Gasteiger partial charge in [0.05, 0.1) is 11.9 Å². The van der Waals surface area contributed by atoms with E-state index in [9.17, 15) is 0 Å². The zero-order valence-electron chi connectivity index (χ0n) is 10.1. The first-order valence-electron chi connectivity index (χ1n) is 6.05. The standard InChI is InChI=1S/C12H20N4/c1-3-13-7-10-8-14-9-12(15-10)16(2)11-5-4-6-11/h8-9,11,13H,3-7H2,1-2H3. The Balaban J connectivity index is 2.02. The minimum atomic E-state index is 0.670. The van der Waals surface area contributed by atoms with Crippen molar-refractivity contribution >= 4 is 5.82 Å². The quantitative estimate of drug-likeness (QED) is 0.818. The first kappa shape index (κ1) is 11.3. The van der Waals surface area contributed by atoms with Crippen molar-refractivity contribution in [2.75, 3.05) is 18.5 Å². The van der Waals surface area contributed by atoms with E-state index in [0.29, 0.717) is 6.04 Å². The molecule has 0 aromatic carbocycles. The maximum Gasteiger partial charge on any atom is 0.147 e. The predicted octanol–water partition coefficient (Wildman–Crippen LogP) is 1.57. The normalized spacial score (nSPS) is 15.9. The van der Waals surface area contributed by atoms with Crippen LogP contribution in [0.15, 0.2) is 12.4 Å². The van der Waals surface area contributed by atoms with Crippen LogP contribution in [-0.4, -0.2) is 29.6 Å². The molecular formula is C12H20N4. The van der Waals surface area contributed by atoms with Gasteiger partial charge in [0.15, 0.2) is 0 Å². The summed E-state index contributed by atoms with van der Waals surface area (Å²) in [5.41, 5.74) is 1.02. The molecular weight excluding hydrogens is 200 g/mol. The summed E-state index contributed by atoms with van der Waals surface area (Å²) in [5.74, 6) is 1.00. The highest BCUT2D eigenvalue weighted by Crippen LogP contribution is 2.26. The fourth-order valence-corrected chi connectivity index (χ4v) is 1.86. The first-order chi connectivity index (χ1) is 7.81. The largest absolute Gasteiger partial charge is 0.355 e. The predicted molar refractivity (Wildman–Crippen MR) is 65.5 cm³/mol. The zero-order chi connectivity index (χ0) is 11.4. The van der Waals surface area contributed by atoms with E-state index in [1.807, 2.05) is 12.4 Å². The number of nitrogens with one attached hydrogen (secondary N) is 1. The Hall–Kier alpha value is -1.16. The lowest BCUT2D eigenvalue weighted by Crippen LogP contribution is -2.37. The van der Waals surface area contributed by atoms with Crippen LogP contribution in [-0.2, 0) is 6.54 Å². The maximum atomic E-state index is 4.61. The molecule has 1 aromatic heterocycles. The number of nitrogens with zero attached hydrogens (tertiary/aromatic N) is 3. The monoisotopic (exact) mass is 220 g/mol. The van der Waals surface area contributed by atoms with Gasteiger partial charge in [0.1, 0.15) is 5.82 Å². The molecule has 0 radical (unpaired) electrons. The van der Waals surface area contributed by atoms with Crippen LogP contribution in [0.25, 0.3) is 0 Å². The Morgan fingerprint density at radius 1 is 1.44 bits per heavy atom. The van der Waals surface area contributed by atoms with Gasteiger partial charge in [0.25, 0.3) is 0 Å². The third-order valence-electron chi connectivity index (χ3n) is 3.21. The molecule has 1 aliphatic rings. The SMILES string of the molecule is CCNCc1cncc(N(C)C2CCC2)n1. The second kappa shape index (κ2) is 5.25. The smallest absolute Gasteiger partial charge is 0.147 e. The van der Waals surface area contributed by atoms with Crippen molar-refractivity contribution in [3.8, 4) is 0 Å². The van der Waals surface area contributed by atoms with Crippen molar-refractivity contribution < 1.29 is 0 Å². The van der Waals surface area contributed by atoms with Crippen molar-refractivity contribution in [1.29, 1.82) is 0 Å². The summed E-state index contributed by atoms with van der Waals surface area (Å²) in [6, 6.07) is 0.670. The van der Waals surface area contributed by atoms with Crippen LogP contribution in [0.3, 0.4) is 0 Å². The molecule has 1 aliphatic carbocycles. The van der Waals surface area contributed by atoms with E-state index in [4.69, 9.17) is 0 Å². The van der Waals surface area contributed by atoms with Gasteiger partial charge in [-0.05, 0) is 25.8 Å². The van der Waals surface area contributed by atoms with Crippen molar-refractivity contribution in [1.82, 2.24) is 15.3 Å². The van der Waals surface area contributed by atoms with E-state index >= 15 is 0 Å². The molecule has 16 heavy (non-hydrogen) atoms.